The largest absolute Gasteiger partial charge is 0.377 e. The molecule has 0 heterocycles. The highest BCUT2D eigenvalue weighted by Crippen LogP contribution is 2.19. The third-order valence-electron chi connectivity index (χ3n) is 2.44. The van der Waals surface area contributed by atoms with E-state index >= 15 is 0 Å². The Hall–Kier alpha value is -0.380. The molecule has 2 nitrogen and oxygen atoms in total. The SMILES string of the molecule is CCCOCc1ccc(CNC(C)C)cc1Br. The molecule has 1 N–H and O–H groups in total. The molecule has 0 fully saturated rings. The summed E-state index contributed by atoms with van der Waals surface area (Å²) in [5, 5.41) is 3.41. The fraction of sp³-hybridized carbons (Fsp3) is 0.571. The van der Waals surface area contributed by atoms with Crippen LogP contribution in [0.25, 0.3) is 0 Å². The van der Waals surface area contributed by atoms with E-state index in [1.807, 2.05) is 0 Å². The fourth-order valence-electron chi connectivity index (χ4n) is 1.47. The van der Waals surface area contributed by atoms with Crippen LogP contribution < -0.4 is 5.32 Å². The number of hydrogen-bond donors (Lipinski definition) is 1. The van der Waals surface area contributed by atoms with Crippen LogP contribution in [0.1, 0.15) is 38.3 Å². The molecule has 17 heavy (non-hydrogen) atoms. The molecule has 0 spiro atoms. The van der Waals surface area contributed by atoms with E-state index in [2.05, 4.69) is 60.2 Å². The first-order chi connectivity index (χ1) is 8.13. The second-order valence-corrected chi connectivity index (χ2v) is 5.37. The summed E-state index contributed by atoms with van der Waals surface area (Å²) in [5.74, 6) is 0. The van der Waals surface area contributed by atoms with Gasteiger partial charge in [0.05, 0.1) is 6.61 Å². The molecule has 0 bridgehead atoms. The molecule has 0 saturated heterocycles. The van der Waals surface area contributed by atoms with Gasteiger partial charge in [0.1, 0.15) is 0 Å². The molecule has 96 valence electrons. The van der Waals surface area contributed by atoms with Gasteiger partial charge in [-0.2, -0.15) is 0 Å². The van der Waals surface area contributed by atoms with Gasteiger partial charge < -0.3 is 10.1 Å². The first-order valence-corrected chi connectivity index (χ1v) is 7.01. The summed E-state index contributed by atoms with van der Waals surface area (Å²) in [5.41, 5.74) is 2.51. The maximum Gasteiger partial charge on any atom is 0.0727 e. The Morgan fingerprint density at radius 2 is 2.12 bits per heavy atom. The molecule has 0 atom stereocenters. The molecule has 3 heteroatoms. The zero-order valence-electron chi connectivity index (χ0n) is 10.9. The lowest BCUT2D eigenvalue weighted by Gasteiger charge is -2.10. The zero-order valence-corrected chi connectivity index (χ0v) is 12.5. The molecule has 1 aromatic rings. The summed E-state index contributed by atoms with van der Waals surface area (Å²) >= 11 is 3.60. The molecule has 0 aromatic heterocycles. The molecule has 1 rings (SSSR count). The summed E-state index contributed by atoms with van der Waals surface area (Å²) in [6, 6.07) is 6.98. The van der Waals surface area contributed by atoms with E-state index in [-0.39, 0.29) is 0 Å². The smallest absolute Gasteiger partial charge is 0.0727 e. The molecular weight excluding hydrogens is 278 g/mol. The summed E-state index contributed by atoms with van der Waals surface area (Å²) in [7, 11) is 0. The Bertz CT molecular complexity index is 339. The lowest BCUT2D eigenvalue weighted by molar-refractivity contribution is 0.121. The van der Waals surface area contributed by atoms with Crippen molar-refractivity contribution in [3.05, 3.63) is 33.8 Å². The molecular formula is C14H22BrNO. The highest BCUT2D eigenvalue weighted by molar-refractivity contribution is 9.10. The van der Waals surface area contributed by atoms with Gasteiger partial charge in [-0.05, 0) is 23.6 Å². The van der Waals surface area contributed by atoms with E-state index in [0.29, 0.717) is 12.6 Å². The van der Waals surface area contributed by atoms with Gasteiger partial charge in [-0.15, -0.1) is 0 Å². The predicted molar refractivity (Wildman–Crippen MR) is 76.1 cm³/mol. The number of ether oxygens (including phenoxy) is 1. The predicted octanol–water partition coefficient (Wildman–Crippen LogP) is 3.87. The van der Waals surface area contributed by atoms with Crippen molar-refractivity contribution in [3.63, 3.8) is 0 Å². The summed E-state index contributed by atoms with van der Waals surface area (Å²) in [6.45, 7) is 8.85. The van der Waals surface area contributed by atoms with Crippen molar-refractivity contribution in [2.24, 2.45) is 0 Å². The lowest BCUT2D eigenvalue weighted by Crippen LogP contribution is -2.21. The summed E-state index contributed by atoms with van der Waals surface area (Å²) < 4.78 is 6.68. The van der Waals surface area contributed by atoms with Gasteiger partial charge in [0.25, 0.3) is 0 Å². The molecule has 0 aliphatic heterocycles. The quantitative estimate of drug-likeness (QED) is 0.772. The number of halogens is 1. The first-order valence-electron chi connectivity index (χ1n) is 6.22. The van der Waals surface area contributed by atoms with E-state index < -0.39 is 0 Å². The van der Waals surface area contributed by atoms with Crippen LogP contribution in [0, 0.1) is 0 Å². The monoisotopic (exact) mass is 299 g/mol. The van der Waals surface area contributed by atoms with Gasteiger partial charge >= 0.3 is 0 Å². The normalized spacial score (nSPS) is 11.1. The Balaban J connectivity index is 2.53. The minimum absolute atomic E-state index is 0.515. The first kappa shape index (κ1) is 14.7. The van der Waals surface area contributed by atoms with Crippen molar-refractivity contribution in [3.8, 4) is 0 Å². The minimum Gasteiger partial charge on any atom is -0.377 e. The second kappa shape index (κ2) is 7.85. The van der Waals surface area contributed by atoms with Crippen LogP contribution in [-0.2, 0) is 17.9 Å². The summed E-state index contributed by atoms with van der Waals surface area (Å²) in [4.78, 5) is 0. The van der Waals surface area contributed by atoms with Gasteiger partial charge in [0.2, 0.25) is 0 Å². The third kappa shape index (κ3) is 5.66. The maximum atomic E-state index is 5.54. The van der Waals surface area contributed by atoms with Crippen molar-refractivity contribution in [2.45, 2.75) is 46.4 Å². The van der Waals surface area contributed by atoms with Gasteiger partial charge in [-0.3, -0.25) is 0 Å². The number of rotatable bonds is 7. The number of hydrogen-bond acceptors (Lipinski definition) is 2. The number of benzene rings is 1. The van der Waals surface area contributed by atoms with Crippen LogP contribution in [0.5, 0.6) is 0 Å². The molecule has 0 radical (unpaired) electrons. The lowest BCUT2D eigenvalue weighted by atomic mass is 10.1. The Morgan fingerprint density at radius 1 is 1.35 bits per heavy atom. The minimum atomic E-state index is 0.515. The topological polar surface area (TPSA) is 21.3 Å². The van der Waals surface area contributed by atoms with E-state index in [0.717, 1.165) is 24.0 Å². The zero-order chi connectivity index (χ0) is 12.7. The van der Waals surface area contributed by atoms with Gasteiger partial charge in [0.15, 0.2) is 0 Å². The van der Waals surface area contributed by atoms with Crippen molar-refractivity contribution in [1.82, 2.24) is 5.32 Å². The Kier molecular flexibility index (Phi) is 6.78. The molecule has 0 aliphatic carbocycles. The van der Waals surface area contributed by atoms with Crippen LogP contribution in [0.2, 0.25) is 0 Å². The van der Waals surface area contributed by atoms with Crippen molar-refractivity contribution in [1.29, 1.82) is 0 Å². The molecule has 1 aromatic carbocycles. The van der Waals surface area contributed by atoms with Crippen molar-refractivity contribution in [2.75, 3.05) is 6.61 Å². The molecule has 0 saturated carbocycles. The highest BCUT2D eigenvalue weighted by atomic mass is 79.9. The van der Waals surface area contributed by atoms with E-state index in [1.165, 1.54) is 11.1 Å². The van der Waals surface area contributed by atoms with Crippen LogP contribution in [0.4, 0.5) is 0 Å². The molecule has 0 aliphatic rings. The van der Waals surface area contributed by atoms with Crippen molar-refractivity contribution >= 4 is 15.9 Å². The van der Waals surface area contributed by atoms with E-state index in [1.54, 1.807) is 0 Å². The van der Waals surface area contributed by atoms with E-state index in [4.69, 9.17) is 4.74 Å². The fourth-order valence-corrected chi connectivity index (χ4v) is 2.01. The standard InChI is InChI=1S/C14H22BrNO/c1-4-7-17-10-13-6-5-12(8-14(13)15)9-16-11(2)3/h5-6,8,11,16H,4,7,9-10H2,1-3H3. The second-order valence-electron chi connectivity index (χ2n) is 4.51. The Morgan fingerprint density at radius 3 is 2.71 bits per heavy atom. The Labute approximate surface area is 113 Å². The van der Waals surface area contributed by atoms with Gasteiger partial charge in [-0.1, -0.05) is 48.8 Å². The molecule has 0 unspecified atom stereocenters. The molecule has 0 amide bonds. The third-order valence-corrected chi connectivity index (χ3v) is 3.18. The average Bonchev–Trinajstić information content (AvgIpc) is 2.29. The van der Waals surface area contributed by atoms with Crippen LogP contribution >= 0.6 is 15.9 Å². The summed E-state index contributed by atoms with van der Waals surface area (Å²) in [6.07, 6.45) is 1.06. The van der Waals surface area contributed by atoms with E-state index in [9.17, 15) is 0 Å². The average molecular weight is 300 g/mol. The van der Waals surface area contributed by atoms with Crippen molar-refractivity contribution < 1.29 is 4.74 Å². The number of nitrogens with one attached hydrogen (secondary N) is 1. The van der Waals surface area contributed by atoms with Crippen LogP contribution in [-0.4, -0.2) is 12.6 Å². The maximum absolute atomic E-state index is 5.54. The van der Waals surface area contributed by atoms with Crippen LogP contribution in [0.15, 0.2) is 22.7 Å². The highest BCUT2D eigenvalue weighted by Gasteiger charge is 2.02. The van der Waals surface area contributed by atoms with Gasteiger partial charge in [-0.25, -0.2) is 0 Å². The van der Waals surface area contributed by atoms with Crippen LogP contribution in [0.3, 0.4) is 0 Å². The van der Waals surface area contributed by atoms with Gasteiger partial charge in [0, 0.05) is 23.7 Å².